The van der Waals surface area contributed by atoms with Gasteiger partial charge in [-0.05, 0) is 37.1 Å². The van der Waals surface area contributed by atoms with Crippen LogP contribution in [0.1, 0.15) is 18.4 Å². The summed E-state index contributed by atoms with van der Waals surface area (Å²) >= 11 is 0. The third kappa shape index (κ3) is 2.93. The van der Waals surface area contributed by atoms with Crippen molar-refractivity contribution < 1.29 is 9.13 Å². The second-order valence-corrected chi connectivity index (χ2v) is 3.87. The third-order valence-corrected chi connectivity index (χ3v) is 2.61. The van der Waals surface area contributed by atoms with Crippen LogP contribution in [0.3, 0.4) is 0 Å². The van der Waals surface area contributed by atoms with Crippen LogP contribution in [0.5, 0.6) is 5.75 Å². The van der Waals surface area contributed by atoms with Crippen LogP contribution in [0.2, 0.25) is 0 Å². The molecule has 3 heteroatoms. The van der Waals surface area contributed by atoms with E-state index in [4.69, 9.17) is 4.74 Å². The van der Waals surface area contributed by atoms with Crippen molar-refractivity contribution in [2.24, 2.45) is 0 Å². The molecule has 1 aromatic rings. The van der Waals surface area contributed by atoms with Crippen LogP contribution in [0, 0.1) is 0 Å². The van der Waals surface area contributed by atoms with Gasteiger partial charge in [-0.2, -0.15) is 0 Å². The number of piperidine rings is 1. The van der Waals surface area contributed by atoms with Gasteiger partial charge in [0, 0.05) is 6.54 Å². The summed E-state index contributed by atoms with van der Waals surface area (Å²) in [6, 6.07) is 7.26. The van der Waals surface area contributed by atoms with Gasteiger partial charge >= 0.3 is 0 Å². The van der Waals surface area contributed by atoms with Crippen molar-refractivity contribution in [2.45, 2.75) is 25.6 Å². The highest BCUT2D eigenvalue weighted by molar-refractivity contribution is 5.28. The van der Waals surface area contributed by atoms with Crippen LogP contribution in [0.4, 0.5) is 4.39 Å². The predicted molar refractivity (Wildman–Crippen MR) is 57.8 cm³/mol. The zero-order chi connectivity index (χ0) is 10.5. The number of nitrogens with one attached hydrogen (secondary N) is 1. The first-order valence-corrected chi connectivity index (χ1v) is 5.41. The van der Waals surface area contributed by atoms with Gasteiger partial charge in [0.1, 0.15) is 18.5 Å². The molecule has 1 aliphatic heterocycles. The summed E-state index contributed by atoms with van der Waals surface area (Å²) < 4.78 is 18.2. The average Bonchev–Trinajstić information content (AvgIpc) is 2.31. The summed E-state index contributed by atoms with van der Waals surface area (Å²) in [5, 5.41) is 3.28. The van der Waals surface area contributed by atoms with Gasteiger partial charge in [0.25, 0.3) is 0 Å². The van der Waals surface area contributed by atoms with E-state index in [9.17, 15) is 4.39 Å². The van der Waals surface area contributed by atoms with Gasteiger partial charge in [-0.3, -0.25) is 0 Å². The van der Waals surface area contributed by atoms with E-state index in [1.54, 1.807) is 12.1 Å². The summed E-state index contributed by atoms with van der Waals surface area (Å²) in [4.78, 5) is 0. The molecule has 0 saturated carbocycles. The molecule has 2 nitrogen and oxygen atoms in total. The quantitative estimate of drug-likeness (QED) is 0.824. The largest absolute Gasteiger partial charge is 0.489 e. The summed E-state index contributed by atoms with van der Waals surface area (Å²) in [6.45, 7) is 1.53. The number of alkyl halides is 1. The fraction of sp³-hybridized carbons (Fsp3) is 0.500. The number of benzene rings is 1. The Kier molecular flexibility index (Phi) is 3.56. The molecule has 0 amide bonds. The number of hydrogen-bond donors (Lipinski definition) is 1. The van der Waals surface area contributed by atoms with Crippen molar-refractivity contribution in [3.8, 4) is 5.75 Å². The molecule has 0 radical (unpaired) electrons. The van der Waals surface area contributed by atoms with Crippen molar-refractivity contribution in [2.75, 3.05) is 13.1 Å². The summed E-state index contributed by atoms with van der Waals surface area (Å²) in [5.74, 6) is 0.777. The van der Waals surface area contributed by atoms with Crippen LogP contribution in [-0.4, -0.2) is 19.2 Å². The van der Waals surface area contributed by atoms with Crippen molar-refractivity contribution in [3.63, 3.8) is 0 Å². The molecule has 82 valence electrons. The Bertz CT molecular complexity index is 310. The Morgan fingerprint density at radius 3 is 3.13 bits per heavy atom. The Balaban J connectivity index is 1.96. The Morgan fingerprint density at radius 2 is 2.40 bits per heavy atom. The van der Waals surface area contributed by atoms with Gasteiger partial charge in [-0.15, -0.1) is 0 Å². The van der Waals surface area contributed by atoms with E-state index >= 15 is 0 Å². The molecular weight excluding hydrogens is 193 g/mol. The molecule has 0 spiro atoms. The molecule has 1 N–H and O–H groups in total. The fourth-order valence-corrected chi connectivity index (χ4v) is 1.81. The van der Waals surface area contributed by atoms with Crippen LogP contribution in [-0.2, 0) is 6.67 Å². The van der Waals surface area contributed by atoms with Crippen LogP contribution in [0.25, 0.3) is 0 Å². The SMILES string of the molecule is FCc1cccc(OC2CCCNC2)c1. The number of ether oxygens (including phenoxy) is 1. The molecule has 1 unspecified atom stereocenters. The summed E-state index contributed by atoms with van der Waals surface area (Å²) in [6.07, 6.45) is 2.45. The monoisotopic (exact) mass is 209 g/mol. The van der Waals surface area contributed by atoms with E-state index in [2.05, 4.69) is 5.32 Å². The zero-order valence-electron chi connectivity index (χ0n) is 8.71. The molecule has 15 heavy (non-hydrogen) atoms. The van der Waals surface area contributed by atoms with Crippen molar-refractivity contribution in [1.29, 1.82) is 0 Å². The van der Waals surface area contributed by atoms with Gasteiger partial charge in [-0.25, -0.2) is 4.39 Å². The Labute approximate surface area is 89.4 Å². The van der Waals surface area contributed by atoms with Gasteiger partial charge in [0.2, 0.25) is 0 Å². The van der Waals surface area contributed by atoms with Gasteiger partial charge in [-0.1, -0.05) is 12.1 Å². The second kappa shape index (κ2) is 5.12. The molecule has 2 rings (SSSR count). The maximum absolute atomic E-state index is 12.4. The minimum Gasteiger partial charge on any atom is -0.489 e. The fourth-order valence-electron chi connectivity index (χ4n) is 1.81. The van der Waals surface area contributed by atoms with Crippen molar-refractivity contribution in [1.82, 2.24) is 5.32 Å². The molecular formula is C12H16FNO. The van der Waals surface area contributed by atoms with E-state index in [0.29, 0.717) is 5.56 Å². The highest BCUT2D eigenvalue weighted by atomic mass is 19.1. The molecule has 0 aliphatic carbocycles. The van der Waals surface area contributed by atoms with Gasteiger partial charge in [0.05, 0.1) is 0 Å². The lowest BCUT2D eigenvalue weighted by atomic mass is 10.1. The lowest BCUT2D eigenvalue weighted by Crippen LogP contribution is -2.37. The van der Waals surface area contributed by atoms with Crippen LogP contribution >= 0.6 is 0 Å². The molecule has 0 bridgehead atoms. The van der Waals surface area contributed by atoms with E-state index in [0.717, 1.165) is 31.7 Å². The van der Waals surface area contributed by atoms with Crippen molar-refractivity contribution >= 4 is 0 Å². The normalized spacial score (nSPS) is 21.3. The molecule has 1 heterocycles. The first-order valence-electron chi connectivity index (χ1n) is 5.41. The molecule has 1 atom stereocenters. The number of rotatable bonds is 3. The van der Waals surface area contributed by atoms with Crippen molar-refractivity contribution in [3.05, 3.63) is 29.8 Å². The lowest BCUT2D eigenvalue weighted by Gasteiger charge is -2.24. The standard InChI is InChI=1S/C12H16FNO/c13-8-10-3-1-4-11(7-10)15-12-5-2-6-14-9-12/h1,3-4,7,12,14H,2,5-6,8-9H2. The van der Waals surface area contributed by atoms with E-state index in [-0.39, 0.29) is 6.10 Å². The third-order valence-electron chi connectivity index (χ3n) is 2.61. The van der Waals surface area contributed by atoms with Gasteiger partial charge < -0.3 is 10.1 Å². The first kappa shape index (κ1) is 10.4. The maximum atomic E-state index is 12.4. The van der Waals surface area contributed by atoms with Crippen LogP contribution in [0.15, 0.2) is 24.3 Å². The van der Waals surface area contributed by atoms with Gasteiger partial charge in [0.15, 0.2) is 0 Å². The maximum Gasteiger partial charge on any atom is 0.120 e. The number of halogens is 1. The minimum absolute atomic E-state index is 0.230. The average molecular weight is 209 g/mol. The highest BCUT2D eigenvalue weighted by Gasteiger charge is 2.14. The predicted octanol–water partition coefficient (Wildman–Crippen LogP) is 2.29. The summed E-state index contributed by atoms with van der Waals surface area (Å²) in [5.41, 5.74) is 0.677. The molecule has 1 saturated heterocycles. The number of hydrogen-bond acceptors (Lipinski definition) is 2. The topological polar surface area (TPSA) is 21.3 Å². The van der Waals surface area contributed by atoms with E-state index in [1.807, 2.05) is 12.1 Å². The van der Waals surface area contributed by atoms with Crippen LogP contribution < -0.4 is 10.1 Å². The molecule has 1 aromatic carbocycles. The highest BCUT2D eigenvalue weighted by Crippen LogP contribution is 2.17. The second-order valence-electron chi connectivity index (χ2n) is 3.87. The minimum atomic E-state index is -0.430. The molecule has 0 aromatic heterocycles. The zero-order valence-corrected chi connectivity index (χ0v) is 8.71. The van der Waals surface area contributed by atoms with E-state index in [1.165, 1.54) is 0 Å². The first-order chi connectivity index (χ1) is 7.38. The molecule has 1 aliphatic rings. The Morgan fingerprint density at radius 1 is 1.47 bits per heavy atom. The Hall–Kier alpha value is -1.09. The smallest absolute Gasteiger partial charge is 0.120 e. The summed E-state index contributed by atoms with van der Waals surface area (Å²) in [7, 11) is 0. The lowest BCUT2D eigenvalue weighted by molar-refractivity contribution is 0.167. The molecule has 1 fully saturated rings. The van der Waals surface area contributed by atoms with E-state index < -0.39 is 6.67 Å².